The summed E-state index contributed by atoms with van der Waals surface area (Å²) in [5.41, 5.74) is 0.180. The average molecular weight is 277 g/mol. The van der Waals surface area contributed by atoms with Crippen LogP contribution in [0.25, 0.3) is 0 Å². The van der Waals surface area contributed by atoms with Crippen LogP contribution in [0, 0.1) is 0 Å². The Bertz CT molecular complexity index is 545. The van der Waals surface area contributed by atoms with Gasteiger partial charge in [-0.3, -0.25) is 9.59 Å². The van der Waals surface area contributed by atoms with Crippen LogP contribution in [0.1, 0.15) is 10.4 Å². The molecule has 1 amide bonds. The van der Waals surface area contributed by atoms with Crippen LogP contribution in [0.15, 0.2) is 15.7 Å². The molecule has 0 unspecified atom stereocenters. The zero-order chi connectivity index (χ0) is 13.2. The Balaban J connectivity index is 2.91. The third-order valence-corrected chi connectivity index (χ3v) is 4.67. The number of carboxylic acid groups (broad SMARTS) is 1. The van der Waals surface area contributed by atoms with Crippen molar-refractivity contribution in [3.63, 3.8) is 0 Å². The third-order valence-electron chi connectivity index (χ3n) is 1.91. The molecule has 0 atom stereocenters. The first-order valence-corrected chi connectivity index (χ1v) is 7.25. The van der Waals surface area contributed by atoms with Crippen molar-refractivity contribution in [2.45, 2.75) is 4.21 Å². The van der Waals surface area contributed by atoms with Gasteiger partial charge in [0.1, 0.15) is 10.8 Å². The van der Waals surface area contributed by atoms with Gasteiger partial charge >= 0.3 is 5.97 Å². The van der Waals surface area contributed by atoms with E-state index >= 15 is 0 Å². The molecule has 0 aliphatic carbocycles. The number of amides is 1. The summed E-state index contributed by atoms with van der Waals surface area (Å²) in [4.78, 5) is 23.1. The molecule has 1 rings (SSSR count). The topological polar surface area (TPSA) is 91.8 Å². The van der Waals surface area contributed by atoms with E-state index in [0.717, 1.165) is 22.5 Å². The van der Waals surface area contributed by atoms with E-state index in [1.54, 1.807) is 0 Å². The Labute approximate surface area is 102 Å². The molecule has 1 heterocycles. The summed E-state index contributed by atoms with van der Waals surface area (Å²) in [6.45, 7) is -0.428. The van der Waals surface area contributed by atoms with E-state index in [1.165, 1.54) is 18.5 Å². The van der Waals surface area contributed by atoms with Gasteiger partial charge in [0.05, 0.1) is 5.56 Å². The van der Waals surface area contributed by atoms with Gasteiger partial charge in [-0.25, -0.2) is 8.42 Å². The van der Waals surface area contributed by atoms with Gasteiger partial charge in [0.25, 0.3) is 5.91 Å². The molecule has 0 aliphatic heterocycles. The molecule has 0 spiro atoms. The van der Waals surface area contributed by atoms with E-state index in [4.69, 9.17) is 5.11 Å². The molecular weight excluding hydrogens is 266 g/mol. The van der Waals surface area contributed by atoms with E-state index in [2.05, 4.69) is 0 Å². The summed E-state index contributed by atoms with van der Waals surface area (Å²) in [5.74, 6) is -1.64. The smallest absolute Gasteiger partial charge is 0.323 e. The van der Waals surface area contributed by atoms with Crippen molar-refractivity contribution in [3.05, 3.63) is 17.0 Å². The second-order valence-corrected chi connectivity index (χ2v) is 6.64. The third kappa shape index (κ3) is 3.53. The molecule has 1 aromatic heterocycles. The fourth-order valence-corrected chi connectivity index (χ4v) is 2.91. The van der Waals surface area contributed by atoms with Gasteiger partial charge in [0.15, 0.2) is 9.84 Å². The van der Waals surface area contributed by atoms with Crippen molar-refractivity contribution in [1.29, 1.82) is 0 Å². The van der Waals surface area contributed by atoms with E-state index in [0.29, 0.717) is 0 Å². The maximum atomic E-state index is 11.7. The highest BCUT2D eigenvalue weighted by atomic mass is 32.2. The Morgan fingerprint density at radius 1 is 1.47 bits per heavy atom. The van der Waals surface area contributed by atoms with Crippen molar-refractivity contribution < 1.29 is 23.1 Å². The van der Waals surface area contributed by atoms with Gasteiger partial charge in [0.2, 0.25) is 0 Å². The molecule has 0 aromatic carbocycles. The number of rotatable bonds is 4. The molecule has 1 aromatic rings. The quantitative estimate of drug-likeness (QED) is 0.855. The molecule has 8 heteroatoms. The average Bonchev–Trinajstić information content (AvgIpc) is 2.63. The number of carbonyl (C=O) groups excluding carboxylic acids is 1. The zero-order valence-electron chi connectivity index (χ0n) is 9.21. The number of nitrogens with zero attached hydrogens (tertiary/aromatic N) is 1. The molecule has 0 aliphatic rings. The molecular formula is C9H11NO5S2. The molecule has 94 valence electrons. The van der Waals surface area contributed by atoms with Crippen LogP contribution in [0.3, 0.4) is 0 Å². The largest absolute Gasteiger partial charge is 0.480 e. The van der Waals surface area contributed by atoms with Crippen LogP contribution < -0.4 is 0 Å². The summed E-state index contributed by atoms with van der Waals surface area (Å²) in [5, 5.41) is 9.93. The first-order chi connectivity index (χ1) is 7.71. The number of aliphatic carboxylic acids is 1. The lowest BCUT2D eigenvalue weighted by atomic mass is 10.3. The Morgan fingerprint density at radius 2 is 2.06 bits per heavy atom. The Hall–Kier alpha value is -1.41. The van der Waals surface area contributed by atoms with Crippen molar-refractivity contribution >= 4 is 33.1 Å². The molecule has 6 nitrogen and oxygen atoms in total. The number of thiophene rings is 1. The highest BCUT2D eigenvalue weighted by Crippen LogP contribution is 2.20. The monoisotopic (exact) mass is 277 g/mol. The molecule has 1 N–H and O–H groups in total. The maximum Gasteiger partial charge on any atom is 0.323 e. The van der Waals surface area contributed by atoms with Crippen molar-refractivity contribution in [2.75, 3.05) is 19.8 Å². The predicted octanol–water partition coefficient (Wildman–Crippen LogP) is 0.308. The van der Waals surface area contributed by atoms with Gasteiger partial charge in [-0.05, 0) is 6.07 Å². The summed E-state index contributed by atoms with van der Waals surface area (Å²) >= 11 is 0.938. The molecule has 0 saturated carbocycles. The van der Waals surface area contributed by atoms with E-state index in [-0.39, 0.29) is 9.77 Å². The Kier molecular flexibility index (Phi) is 3.89. The van der Waals surface area contributed by atoms with Crippen molar-refractivity contribution in [2.24, 2.45) is 0 Å². The maximum absolute atomic E-state index is 11.7. The minimum absolute atomic E-state index is 0.0876. The predicted molar refractivity (Wildman–Crippen MR) is 62.0 cm³/mol. The lowest BCUT2D eigenvalue weighted by Gasteiger charge is -2.12. The van der Waals surface area contributed by atoms with Crippen LogP contribution in [0.5, 0.6) is 0 Å². The molecule has 0 radical (unpaired) electrons. The zero-order valence-corrected chi connectivity index (χ0v) is 10.8. The van der Waals surface area contributed by atoms with Gasteiger partial charge in [-0.1, -0.05) is 0 Å². The lowest BCUT2D eigenvalue weighted by molar-refractivity contribution is -0.137. The highest BCUT2D eigenvalue weighted by molar-refractivity contribution is 7.92. The summed E-state index contributed by atoms with van der Waals surface area (Å²) in [6.07, 6.45) is 1.05. The van der Waals surface area contributed by atoms with E-state index < -0.39 is 28.3 Å². The minimum Gasteiger partial charge on any atom is -0.480 e. The number of carbonyl (C=O) groups is 2. The van der Waals surface area contributed by atoms with Crippen LogP contribution in [0.2, 0.25) is 0 Å². The summed E-state index contributed by atoms with van der Waals surface area (Å²) in [7, 11) is -1.99. The second kappa shape index (κ2) is 4.84. The number of hydrogen-bond acceptors (Lipinski definition) is 5. The van der Waals surface area contributed by atoms with Crippen LogP contribution in [-0.4, -0.2) is 50.1 Å². The molecule has 0 fully saturated rings. The normalized spacial score (nSPS) is 11.2. The summed E-state index contributed by atoms with van der Waals surface area (Å²) < 4.78 is 22.5. The summed E-state index contributed by atoms with van der Waals surface area (Å²) in [6, 6.07) is 1.25. The number of sulfone groups is 1. The minimum atomic E-state index is -3.33. The Morgan fingerprint density at radius 3 is 2.47 bits per heavy atom. The first kappa shape index (κ1) is 13.7. The first-order valence-electron chi connectivity index (χ1n) is 4.47. The standard InChI is InChI=1S/C9H11NO5S2/c1-10(4-7(11)12)9(13)6-3-8(16-5-6)17(2,14)15/h3,5H,4H2,1-2H3,(H,11,12). The second-order valence-electron chi connectivity index (χ2n) is 3.48. The SMILES string of the molecule is CN(CC(=O)O)C(=O)c1csc(S(C)(=O)=O)c1. The van der Waals surface area contributed by atoms with Gasteiger partial charge in [0, 0.05) is 18.7 Å². The van der Waals surface area contributed by atoms with E-state index in [9.17, 15) is 18.0 Å². The van der Waals surface area contributed by atoms with Gasteiger partial charge in [-0.15, -0.1) is 11.3 Å². The van der Waals surface area contributed by atoms with Crippen LogP contribution in [0.4, 0.5) is 0 Å². The van der Waals surface area contributed by atoms with Gasteiger partial charge in [-0.2, -0.15) is 0 Å². The fourth-order valence-electron chi connectivity index (χ4n) is 1.12. The lowest BCUT2D eigenvalue weighted by Crippen LogP contribution is -2.31. The molecule has 0 bridgehead atoms. The van der Waals surface area contributed by atoms with Crippen molar-refractivity contribution in [1.82, 2.24) is 4.90 Å². The van der Waals surface area contributed by atoms with E-state index in [1.807, 2.05) is 0 Å². The molecule has 0 saturated heterocycles. The number of carboxylic acids is 1. The fraction of sp³-hybridized carbons (Fsp3) is 0.333. The van der Waals surface area contributed by atoms with Crippen molar-refractivity contribution in [3.8, 4) is 0 Å². The van der Waals surface area contributed by atoms with Gasteiger partial charge < -0.3 is 10.0 Å². The molecule has 17 heavy (non-hydrogen) atoms. The number of likely N-dealkylation sites (N-methyl/N-ethyl adjacent to an activating group) is 1. The van der Waals surface area contributed by atoms with Crippen LogP contribution in [-0.2, 0) is 14.6 Å². The number of hydrogen-bond donors (Lipinski definition) is 1. The van der Waals surface area contributed by atoms with Crippen LogP contribution >= 0.6 is 11.3 Å². The highest BCUT2D eigenvalue weighted by Gasteiger charge is 2.18.